The van der Waals surface area contributed by atoms with Gasteiger partial charge in [-0.2, -0.15) is 0 Å². The molecule has 2 saturated carbocycles. The first-order valence-electron chi connectivity index (χ1n) is 10.8. The minimum atomic E-state index is 0.452. The summed E-state index contributed by atoms with van der Waals surface area (Å²) in [6.45, 7) is 10.6. The highest BCUT2D eigenvalue weighted by Gasteiger charge is 2.86. The van der Waals surface area contributed by atoms with Gasteiger partial charge in [0.25, 0.3) is 0 Å². The molecule has 6 nitrogen and oxygen atoms in total. The maximum absolute atomic E-state index is 5.86. The first-order chi connectivity index (χ1) is 13.4. The van der Waals surface area contributed by atoms with Crippen LogP contribution in [-0.2, 0) is 28.4 Å². The Hall–Kier alpha value is -0.240. The maximum atomic E-state index is 5.86. The van der Waals surface area contributed by atoms with Gasteiger partial charge in [0, 0.05) is 26.4 Å². The number of rotatable bonds is 10. The van der Waals surface area contributed by atoms with E-state index in [4.69, 9.17) is 28.4 Å². The second-order valence-corrected chi connectivity index (χ2v) is 7.93. The lowest BCUT2D eigenvalue weighted by molar-refractivity contribution is -0.00434. The Morgan fingerprint density at radius 1 is 0.741 bits per heavy atom. The SMILES string of the molecule is CCOCCOCCOCCC12CCOCCOCCOCCCC13CC23. The highest BCUT2D eigenvalue weighted by atomic mass is 16.5. The second-order valence-electron chi connectivity index (χ2n) is 7.93. The van der Waals surface area contributed by atoms with Crippen LogP contribution in [0.4, 0.5) is 0 Å². The average Bonchev–Trinajstić information content (AvgIpc) is 3.54. The van der Waals surface area contributed by atoms with E-state index in [1.54, 1.807) is 0 Å². The molecule has 1 saturated heterocycles. The van der Waals surface area contributed by atoms with Crippen molar-refractivity contribution in [3.63, 3.8) is 0 Å². The molecular formula is C21H38O6. The molecule has 1 aliphatic heterocycles. The van der Waals surface area contributed by atoms with Crippen LogP contribution in [0, 0.1) is 16.7 Å². The molecule has 27 heavy (non-hydrogen) atoms. The Morgan fingerprint density at radius 2 is 1.37 bits per heavy atom. The van der Waals surface area contributed by atoms with Crippen molar-refractivity contribution in [3.05, 3.63) is 0 Å². The minimum Gasteiger partial charge on any atom is -0.379 e. The zero-order valence-electron chi connectivity index (χ0n) is 17.0. The molecule has 0 N–H and O–H groups in total. The van der Waals surface area contributed by atoms with Gasteiger partial charge in [-0.1, -0.05) is 0 Å². The molecule has 0 bridgehead atoms. The Labute approximate surface area is 164 Å². The summed E-state index contributed by atoms with van der Waals surface area (Å²) in [5, 5.41) is 0. The normalized spacial score (nSPS) is 34.3. The molecule has 3 unspecified atom stereocenters. The fourth-order valence-corrected chi connectivity index (χ4v) is 5.03. The van der Waals surface area contributed by atoms with Gasteiger partial charge in [0.15, 0.2) is 0 Å². The Morgan fingerprint density at radius 3 is 2.07 bits per heavy atom. The molecule has 3 rings (SSSR count). The van der Waals surface area contributed by atoms with Gasteiger partial charge in [-0.15, -0.1) is 0 Å². The highest BCUT2D eigenvalue weighted by molar-refractivity contribution is 5.33. The molecule has 2 aliphatic carbocycles. The number of hydrogen-bond donors (Lipinski definition) is 0. The van der Waals surface area contributed by atoms with Crippen LogP contribution in [0.3, 0.4) is 0 Å². The summed E-state index contributed by atoms with van der Waals surface area (Å²) in [7, 11) is 0. The van der Waals surface area contributed by atoms with Crippen molar-refractivity contribution in [2.24, 2.45) is 16.7 Å². The van der Waals surface area contributed by atoms with Crippen LogP contribution in [0.25, 0.3) is 0 Å². The zero-order valence-corrected chi connectivity index (χ0v) is 17.0. The van der Waals surface area contributed by atoms with Gasteiger partial charge in [-0.25, -0.2) is 0 Å². The molecule has 0 aromatic rings. The summed E-state index contributed by atoms with van der Waals surface area (Å²) in [6, 6.07) is 0. The first-order valence-corrected chi connectivity index (χ1v) is 10.8. The number of hydrogen-bond acceptors (Lipinski definition) is 6. The van der Waals surface area contributed by atoms with Gasteiger partial charge in [-0.05, 0) is 55.8 Å². The van der Waals surface area contributed by atoms with E-state index >= 15 is 0 Å². The molecule has 0 radical (unpaired) electrons. The molecule has 158 valence electrons. The fraction of sp³-hybridized carbons (Fsp3) is 1.00. The van der Waals surface area contributed by atoms with Crippen molar-refractivity contribution in [2.45, 2.75) is 39.0 Å². The molecule has 0 aromatic heterocycles. The molecule has 1 heterocycles. The summed E-state index contributed by atoms with van der Waals surface area (Å²) in [4.78, 5) is 0. The van der Waals surface area contributed by atoms with Crippen LogP contribution in [0.2, 0.25) is 0 Å². The van der Waals surface area contributed by atoms with Crippen LogP contribution in [0.1, 0.15) is 39.0 Å². The largest absolute Gasteiger partial charge is 0.379 e. The summed E-state index contributed by atoms with van der Waals surface area (Å²) in [6.07, 6.45) is 6.16. The number of fused-ring (bicyclic) bond motifs is 1. The van der Waals surface area contributed by atoms with Crippen molar-refractivity contribution in [1.82, 2.24) is 0 Å². The Balaban J connectivity index is 1.33. The Kier molecular flexibility index (Phi) is 8.81. The highest BCUT2D eigenvalue weighted by Crippen LogP contribution is 2.91. The lowest BCUT2D eigenvalue weighted by Crippen LogP contribution is -2.23. The molecule has 3 aliphatic rings. The monoisotopic (exact) mass is 386 g/mol. The van der Waals surface area contributed by atoms with Crippen LogP contribution in [0.15, 0.2) is 0 Å². The quantitative estimate of drug-likeness (QED) is 0.538. The van der Waals surface area contributed by atoms with Gasteiger partial charge in [0.05, 0.1) is 52.9 Å². The molecule has 0 aromatic carbocycles. The molecular weight excluding hydrogens is 348 g/mol. The van der Waals surface area contributed by atoms with Crippen LogP contribution < -0.4 is 0 Å². The Bertz CT molecular complexity index is 419. The zero-order chi connectivity index (χ0) is 18.8. The molecule has 1 spiro atoms. The lowest BCUT2D eigenvalue weighted by Gasteiger charge is -2.28. The molecule has 6 heteroatoms. The third-order valence-electron chi connectivity index (χ3n) is 6.64. The van der Waals surface area contributed by atoms with Crippen LogP contribution in [0.5, 0.6) is 0 Å². The van der Waals surface area contributed by atoms with Gasteiger partial charge < -0.3 is 28.4 Å². The minimum absolute atomic E-state index is 0.452. The van der Waals surface area contributed by atoms with E-state index in [-0.39, 0.29) is 0 Å². The topological polar surface area (TPSA) is 55.4 Å². The van der Waals surface area contributed by atoms with Crippen LogP contribution in [-0.4, -0.2) is 79.3 Å². The van der Waals surface area contributed by atoms with Crippen molar-refractivity contribution >= 4 is 0 Å². The van der Waals surface area contributed by atoms with E-state index in [0.717, 1.165) is 51.6 Å². The standard InChI is InChI=1S/C21H38O6/c1-2-22-10-11-26-16-13-24-8-5-20-6-9-25-14-17-27-15-12-23-7-3-4-21(20)18-19(20)21/h19H,2-18H2,1H3. The second kappa shape index (κ2) is 11.1. The fourth-order valence-electron chi connectivity index (χ4n) is 5.03. The van der Waals surface area contributed by atoms with E-state index in [2.05, 4.69) is 0 Å². The summed E-state index contributed by atoms with van der Waals surface area (Å²) in [5.41, 5.74) is 1.02. The maximum Gasteiger partial charge on any atom is 0.0701 e. The van der Waals surface area contributed by atoms with Gasteiger partial charge in [0.1, 0.15) is 0 Å². The van der Waals surface area contributed by atoms with E-state index in [1.165, 1.54) is 12.8 Å². The van der Waals surface area contributed by atoms with E-state index < -0.39 is 0 Å². The summed E-state index contributed by atoms with van der Waals surface area (Å²) < 4.78 is 33.6. The van der Waals surface area contributed by atoms with E-state index in [9.17, 15) is 0 Å². The summed E-state index contributed by atoms with van der Waals surface area (Å²) >= 11 is 0. The first kappa shape index (κ1) is 21.5. The van der Waals surface area contributed by atoms with Crippen molar-refractivity contribution in [3.8, 4) is 0 Å². The third kappa shape index (κ3) is 5.64. The number of ether oxygens (including phenoxy) is 6. The summed E-state index contributed by atoms with van der Waals surface area (Å²) in [5.74, 6) is 0.890. The molecule has 3 atom stereocenters. The smallest absolute Gasteiger partial charge is 0.0701 e. The van der Waals surface area contributed by atoms with E-state index in [1.807, 2.05) is 6.92 Å². The van der Waals surface area contributed by atoms with Crippen molar-refractivity contribution in [1.29, 1.82) is 0 Å². The van der Waals surface area contributed by atoms with Crippen molar-refractivity contribution < 1.29 is 28.4 Å². The lowest BCUT2D eigenvalue weighted by atomic mass is 9.80. The van der Waals surface area contributed by atoms with Gasteiger partial charge in [0.2, 0.25) is 0 Å². The molecule has 3 fully saturated rings. The van der Waals surface area contributed by atoms with Crippen LogP contribution >= 0.6 is 0 Å². The van der Waals surface area contributed by atoms with Crippen molar-refractivity contribution in [2.75, 3.05) is 79.3 Å². The predicted molar refractivity (Wildman–Crippen MR) is 102 cm³/mol. The predicted octanol–water partition coefficient (Wildman–Crippen LogP) is 2.69. The third-order valence-corrected chi connectivity index (χ3v) is 6.64. The molecule has 0 amide bonds. The van der Waals surface area contributed by atoms with Gasteiger partial charge in [-0.3, -0.25) is 0 Å². The average molecular weight is 387 g/mol. The van der Waals surface area contributed by atoms with Gasteiger partial charge >= 0.3 is 0 Å². The van der Waals surface area contributed by atoms with E-state index in [0.29, 0.717) is 63.7 Å².